The Labute approximate surface area is 100 Å². The number of hydrogen-bond acceptors (Lipinski definition) is 4. The number of ether oxygens (including phenoxy) is 2. The Bertz CT molecular complexity index is 367. The summed E-state index contributed by atoms with van der Waals surface area (Å²) in [6.45, 7) is 0.773. The second-order valence-corrected chi connectivity index (χ2v) is 3.57. The fourth-order valence-corrected chi connectivity index (χ4v) is 1.35. The van der Waals surface area contributed by atoms with Crippen molar-refractivity contribution in [3.05, 3.63) is 29.8 Å². The lowest BCUT2D eigenvalue weighted by molar-refractivity contribution is 0.0285. The molecule has 0 bridgehead atoms. The zero-order valence-electron chi connectivity index (χ0n) is 9.97. The predicted molar refractivity (Wildman–Crippen MR) is 63.1 cm³/mol. The Morgan fingerprint density at radius 1 is 1.47 bits per heavy atom. The van der Waals surface area contributed by atoms with Crippen LogP contribution >= 0.6 is 0 Å². The highest BCUT2D eigenvalue weighted by Gasteiger charge is 2.10. The average molecular weight is 239 g/mol. The number of carbonyl (C=O) groups is 1. The molecular weight excluding hydrogens is 222 g/mol. The van der Waals surface area contributed by atoms with Gasteiger partial charge in [0.25, 0.3) is 5.91 Å². The van der Waals surface area contributed by atoms with E-state index in [1.165, 1.54) is 12.1 Å². The summed E-state index contributed by atoms with van der Waals surface area (Å²) in [5.41, 5.74) is 0.414. The van der Waals surface area contributed by atoms with E-state index < -0.39 is 0 Å². The fraction of sp³-hybridized carbons (Fsp3) is 0.417. The van der Waals surface area contributed by atoms with E-state index in [0.717, 1.165) is 0 Å². The van der Waals surface area contributed by atoms with E-state index in [1.54, 1.807) is 26.4 Å². The van der Waals surface area contributed by atoms with Crippen molar-refractivity contribution < 1.29 is 19.4 Å². The van der Waals surface area contributed by atoms with Gasteiger partial charge in [0.05, 0.1) is 12.7 Å². The van der Waals surface area contributed by atoms with Crippen LogP contribution in [0.2, 0.25) is 0 Å². The Hall–Kier alpha value is -1.59. The van der Waals surface area contributed by atoms with E-state index in [4.69, 9.17) is 9.47 Å². The molecule has 1 atom stereocenters. The van der Waals surface area contributed by atoms with Crippen molar-refractivity contribution in [2.45, 2.75) is 6.10 Å². The summed E-state index contributed by atoms with van der Waals surface area (Å²) in [5, 5.41) is 12.0. The first-order valence-electron chi connectivity index (χ1n) is 5.26. The smallest absolute Gasteiger partial charge is 0.251 e. The molecule has 1 aromatic rings. The third-order valence-corrected chi connectivity index (χ3v) is 2.28. The molecule has 0 aliphatic heterocycles. The number of phenolic OH excluding ortho intramolecular Hbond substituents is 1. The van der Waals surface area contributed by atoms with Crippen molar-refractivity contribution in [2.75, 3.05) is 27.4 Å². The van der Waals surface area contributed by atoms with E-state index in [-0.39, 0.29) is 17.8 Å². The van der Waals surface area contributed by atoms with Crippen molar-refractivity contribution in [3.63, 3.8) is 0 Å². The molecule has 94 valence electrons. The van der Waals surface area contributed by atoms with Crippen LogP contribution in [0.25, 0.3) is 0 Å². The van der Waals surface area contributed by atoms with Crippen LogP contribution in [0.3, 0.4) is 0 Å². The molecule has 5 nitrogen and oxygen atoms in total. The molecule has 0 radical (unpaired) electrons. The number of nitrogens with one attached hydrogen (secondary N) is 1. The number of carbonyl (C=O) groups excluding carboxylic acids is 1. The molecule has 0 aliphatic carbocycles. The standard InChI is InChI=1S/C12H17NO4/c1-16-8-11(17-2)7-13-12(15)9-4-3-5-10(14)6-9/h3-6,11,14H,7-8H2,1-2H3,(H,13,15). The SMILES string of the molecule is COCC(CNC(=O)c1cccc(O)c1)OC. The highest BCUT2D eigenvalue weighted by Crippen LogP contribution is 2.10. The Kier molecular flexibility index (Phi) is 5.45. The third-order valence-electron chi connectivity index (χ3n) is 2.28. The van der Waals surface area contributed by atoms with Gasteiger partial charge in [-0.15, -0.1) is 0 Å². The summed E-state index contributed by atoms with van der Waals surface area (Å²) in [7, 11) is 3.13. The summed E-state index contributed by atoms with van der Waals surface area (Å²) in [5.74, 6) is -0.183. The molecule has 5 heteroatoms. The largest absolute Gasteiger partial charge is 0.508 e. The van der Waals surface area contributed by atoms with Crippen molar-refractivity contribution >= 4 is 5.91 Å². The van der Waals surface area contributed by atoms with Gasteiger partial charge in [-0.2, -0.15) is 0 Å². The molecule has 0 spiro atoms. The van der Waals surface area contributed by atoms with Gasteiger partial charge < -0.3 is 19.9 Å². The summed E-state index contributed by atoms with van der Waals surface area (Å²) in [4.78, 5) is 11.7. The minimum Gasteiger partial charge on any atom is -0.508 e. The fourth-order valence-electron chi connectivity index (χ4n) is 1.35. The number of hydrogen-bond donors (Lipinski definition) is 2. The maximum Gasteiger partial charge on any atom is 0.251 e. The van der Waals surface area contributed by atoms with Gasteiger partial charge in [0.1, 0.15) is 5.75 Å². The van der Waals surface area contributed by atoms with Crippen LogP contribution in [0.1, 0.15) is 10.4 Å². The zero-order valence-corrected chi connectivity index (χ0v) is 9.97. The van der Waals surface area contributed by atoms with Gasteiger partial charge in [0.2, 0.25) is 0 Å². The van der Waals surface area contributed by atoms with E-state index in [0.29, 0.717) is 18.7 Å². The molecule has 1 rings (SSSR count). The first-order valence-corrected chi connectivity index (χ1v) is 5.26. The van der Waals surface area contributed by atoms with E-state index in [2.05, 4.69) is 5.32 Å². The summed E-state index contributed by atoms with van der Waals surface area (Å²) in [6.07, 6.45) is -0.179. The minimum absolute atomic E-state index is 0.0674. The van der Waals surface area contributed by atoms with Gasteiger partial charge in [-0.3, -0.25) is 4.79 Å². The molecule has 0 saturated heterocycles. The molecule has 17 heavy (non-hydrogen) atoms. The quantitative estimate of drug-likeness (QED) is 0.770. The van der Waals surface area contributed by atoms with Gasteiger partial charge in [-0.05, 0) is 18.2 Å². The van der Waals surface area contributed by atoms with Gasteiger partial charge in [0, 0.05) is 26.3 Å². The van der Waals surface area contributed by atoms with Crippen LogP contribution in [-0.4, -0.2) is 44.5 Å². The summed E-state index contributed by atoms with van der Waals surface area (Å²) >= 11 is 0. The monoisotopic (exact) mass is 239 g/mol. The lowest BCUT2D eigenvalue weighted by atomic mass is 10.2. The molecule has 0 aromatic heterocycles. The Balaban J connectivity index is 2.49. The maximum absolute atomic E-state index is 11.7. The summed E-state index contributed by atoms with van der Waals surface area (Å²) < 4.78 is 10.0. The molecule has 0 saturated carbocycles. The minimum atomic E-state index is -0.251. The Morgan fingerprint density at radius 2 is 2.24 bits per heavy atom. The highest BCUT2D eigenvalue weighted by atomic mass is 16.5. The third kappa shape index (κ3) is 4.42. The predicted octanol–water partition coefficient (Wildman–Crippen LogP) is 0.783. The van der Waals surface area contributed by atoms with Crippen LogP contribution in [-0.2, 0) is 9.47 Å². The van der Waals surface area contributed by atoms with Gasteiger partial charge in [-0.1, -0.05) is 6.07 Å². The molecule has 2 N–H and O–H groups in total. The number of amides is 1. The number of aromatic hydroxyl groups is 1. The second-order valence-electron chi connectivity index (χ2n) is 3.57. The number of methoxy groups -OCH3 is 2. The van der Waals surface area contributed by atoms with Crippen LogP contribution in [0.5, 0.6) is 5.75 Å². The average Bonchev–Trinajstić information content (AvgIpc) is 2.34. The maximum atomic E-state index is 11.7. The number of phenols is 1. The molecule has 1 aromatic carbocycles. The molecule has 0 heterocycles. The normalized spacial score (nSPS) is 12.1. The van der Waals surface area contributed by atoms with Crippen molar-refractivity contribution in [1.29, 1.82) is 0 Å². The molecule has 0 fully saturated rings. The topological polar surface area (TPSA) is 67.8 Å². The first kappa shape index (κ1) is 13.5. The van der Waals surface area contributed by atoms with Crippen molar-refractivity contribution in [1.82, 2.24) is 5.32 Å². The highest BCUT2D eigenvalue weighted by molar-refractivity contribution is 5.94. The number of benzene rings is 1. The van der Waals surface area contributed by atoms with E-state index >= 15 is 0 Å². The van der Waals surface area contributed by atoms with Crippen LogP contribution in [0.4, 0.5) is 0 Å². The summed E-state index contributed by atoms with van der Waals surface area (Å²) in [6, 6.07) is 6.17. The molecule has 1 amide bonds. The van der Waals surface area contributed by atoms with Gasteiger partial charge in [0.15, 0.2) is 0 Å². The first-order chi connectivity index (χ1) is 8.17. The van der Waals surface area contributed by atoms with Crippen molar-refractivity contribution in [2.24, 2.45) is 0 Å². The molecule has 1 unspecified atom stereocenters. The van der Waals surface area contributed by atoms with Gasteiger partial charge in [-0.25, -0.2) is 0 Å². The van der Waals surface area contributed by atoms with Crippen LogP contribution in [0, 0.1) is 0 Å². The number of rotatable bonds is 6. The van der Waals surface area contributed by atoms with Gasteiger partial charge >= 0.3 is 0 Å². The van der Waals surface area contributed by atoms with E-state index in [1.807, 2.05) is 0 Å². The zero-order chi connectivity index (χ0) is 12.7. The Morgan fingerprint density at radius 3 is 2.82 bits per heavy atom. The van der Waals surface area contributed by atoms with Crippen LogP contribution < -0.4 is 5.32 Å². The van der Waals surface area contributed by atoms with Crippen LogP contribution in [0.15, 0.2) is 24.3 Å². The molecular formula is C12H17NO4. The lowest BCUT2D eigenvalue weighted by Gasteiger charge is -2.14. The van der Waals surface area contributed by atoms with E-state index in [9.17, 15) is 9.90 Å². The second kappa shape index (κ2) is 6.88. The van der Waals surface area contributed by atoms with Crippen molar-refractivity contribution in [3.8, 4) is 5.75 Å². The lowest BCUT2D eigenvalue weighted by Crippen LogP contribution is -2.35. The molecule has 0 aliphatic rings.